The van der Waals surface area contributed by atoms with Gasteiger partial charge in [-0.3, -0.25) is 4.79 Å². The van der Waals surface area contributed by atoms with E-state index in [2.05, 4.69) is 20.5 Å². The SMILES string of the molecule is COc1ncnnc1CNC(=O)C1CCC1. The van der Waals surface area contributed by atoms with E-state index in [1.807, 2.05) is 0 Å². The van der Waals surface area contributed by atoms with E-state index >= 15 is 0 Å². The summed E-state index contributed by atoms with van der Waals surface area (Å²) < 4.78 is 5.01. The van der Waals surface area contributed by atoms with E-state index < -0.39 is 0 Å². The molecule has 1 aromatic rings. The van der Waals surface area contributed by atoms with E-state index in [0.717, 1.165) is 19.3 Å². The molecule has 2 rings (SSSR count). The van der Waals surface area contributed by atoms with Crippen LogP contribution in [0.2, 0.25) is 0 Å². The Morgan fingerprint density at radius 2 is 2.44 bits per heavy atom. The number of methoxy groups -OCH3 is 1. The lowest BCUT2D eigenvalue weighted by Crippen LogP contribution is -2.34. The number of hydrogen-bond donors (Lipinski definition) is 1. The standard InChI is InChI=1S/C10H14N4O2/c1-16-10-8(14-13-6-12-10)5-11-9(15)7-3-2-4-7/h6-7H,2-5H2,1H3,(H,11,15). The first-order chi connectivity index (χ1) is 7.81. The van der Waals surface area contributed by atoms with Crippen LogP contribution < -0.4 is 10.1 Å². The summed E-state index contributed by atoms with van der Waals surface area (Å²) in [7, 11) is 1.52. The molecule has 1 aliphatic carbocycles. The summed E-state index contributed by atoms with van der Waals surface area (Å²) in [6, 6.07) is 0. The lowest BCUT2D eigenvalue weighted by atomic mass is 9.85. The van der Waals surface area contributed by atoms with Gasteiger partial charge in [-0.1, -0.05) is 6.42 Å². The minimum Gasteiger partial charge on any atom is -0.480 e. The maximum atomic E-state index is 11.6. The van der Waals surface area contributed by atoms with E-state index in [1.54, 1.807) is 0 Å². The van der Waals surface area contributed by atoms with Crippen LogP contribution in [0.3, 0.4) is 0 Å². The molecule has 0 aliphatic heterocycles. The van der Waals surface area contributed by atoms with E-state index in [9.17, 15) is 4.79 Å². The molecule has 0 bridgehead atoms. The monoisotopic (exact) mass is 222 g/mol. The van der Waals surface area contributed by atoms with Crippen LogP contribution in [0, 0.1) is 5.92 Å². The number of carbonyl (C=O) groups excluding carboxylic acids is 1. The molecule has 1 aromatic heterocycles. The van der Waals surface area contributed by atoms with Gasteiger partial charge in [0.25, 0.3) is 0 Å². The average molecular weight is 222 g/mol. The zero-order valence-corrected chi connectivity index (χ0v) is 9.14. The highest BCUT2D eigenvalue weighted by molar-refractivity contribution is 5.79. The smallest absolute Gasteiger partial charge is 0.240 e. The van der Waals surface area contributed by atoms with Crippen LogP contribution in [0.25, 0.3) is 0 Å². The summed E-state index contributed by atoms with van der Waals surface area (Å²) in [5.41, 5.74) is 0.553. The van der Waals surface area contributed by atoms with Gasteiger partial charge in [0.2, 0.25) is 11.8 Å². The van der Waals surface area contributed by atoms with E-state index in [-0.39, 0.29) is 11.8 Å². The Labute approximate surface area is 93.4 Å². The van der Waals surface area contributed by atoms with Crippen LogP contribution >= 0.6 is 0 Å². The lowest BCUT2D eigenvalue weighted by Gasteiger charge is -2.23. The van der Waals surface area contributed by atoms with Gasteiger partial charge in [0.1, 0.15) is 12.0 Å². The first-order valence-corrected chi connectivity index (χ1v) is 5.29. The molecule has 16 heavy (non-hydrogen) atoms. The molecule has 1 saturated carbocycles. The minimum absolute atomic E-state index is 0.0824. The van der Waals surface area contributed by atoms with Crippen LogP contribution in [-0.2, 0) is 11.3 Å². The van der Waals surface area contributed by atoms with Gasteiger partial charge < -0.3 is 10.1 Å². The van der Waals surface area contributed by atoms with Gasteiger partial charge in [-0.05, 0) is 12.8 Å². The van der Waals surface area contributed by atoms with Gasteiger partial charge >= 0.3 is 0 Å². The predicted molar refractivity (Wildman–Crippen MR) is 55.6 cm³/mol. The van der Waals surface area contributed by atoms with Gasteiger partial charge in [0.05, 0.1) is 13.7 Å². The molecule has 0 radical (unpaired) electrons. The van der Waals surface area contributed by atoms with Crippen LogP contribution in [0.15, 0.2) is 6.33 Å². The number of ether oxygens (including phenoxy) is 1. The summed E-state index contributed by atoms with van der Waals surface area (Å²) in [5, 5.41) is 10.3. The fourth-order valence-electron chi connectivity index (χ4n) is 1.56. The Hall–Kier alpha value is -1.72. The van der Waals surface area contributed by atoms with Gasteiger partial charge in [-0.15, -0.1) is 10.2 Å². The molecular weight excluding hydrogens is 208 g/mol. The van der Waals surface area contributed by atoms with Crippen LogP contribution in [0.4, 0.5) is 0 Å². The first-order valence-electron chi connectivity index (χ1n) is 5.29. The third-order valence-electron chi connectivity index (χ3n) is 2.75. The summed E-state index contributed by atoms with van der Waals surface area (Å²) in [5.74, 6) is 0.665. The fourth-order valence-corrected chi connectivity index (χ4v) is 1.56. The normalized spacial score (nSPS) is 15.3. The number of hydrogen-bond acceptors (Lipinski definition) is 5. The largest absolute Gasteiger partial charge is 0.480 e. The zero-order chi connectivity index (χ0) is 11.4. The molecule has 0 unspecified atom stereocenters. The van der Waals surface area contributed by atoms with E-state index in [1.165, 1.54) is 13.4 Å². The minimum atomic E-state index is 0.0824. The number of nitrogens with zero attached hydrogens (tertiary/aromatic N) is 3. The van der Waals surface area contributed by atoms with Crippen LogP contribution in [0.1, 0.15) is 25.0 Å². The highest BCUT2D eigenvalue weighted by Crippen LogP contribution is 2.26. The zero-order valence-electron chi connectivity index (χ0n) is 9.14. The van der Waals surface area contributed by atoms with Crippen molar-refractivity contribution in [2.75, 3.05) is 7.11 Å². The number of nitrogens with one attached hydrogen (secondary N) is 1. The number of carbonyl (C=O) groups is 1. The van der Waals surface area contributed by atoms with Crippen molar-refractivity contribution in [3.63, 3.8) is 0 Å². The summed E-state index contributed by atoms with van der Waals surface area (Å²) in [4.78, 5) is 15.5. The first kappa shape index (κ1) is 10.8. The van der Waals surface area contributed by atoms with Crippen LogP contribution in [-0.4, -0.2) is 28.2 Å². The van der Waals surface area contributed by atoms with Crippen molar-refractivity contribution in [2.45, 2.75) is 25.8 Å². The highest BCUT2D eigenvalue weighted by atomic mass is 16.5. The molecule has 1 heterocycles. The fraction of sp³-hybridized carbons (Fsp3) is 0.600. The molecule has 1 aliphatic rings. The van der Waals surface area contributed by atoms with Crippen molar-refractivity contribution in [2.24, 2.45) is 5.92 Å². The lowest BCUT2D eigenvalue weighted by molar-refractivity contribution is -0.127. The number of rotatable bonds is 4. The molecule has 86 valence electrons. The highest BCUT2D eigenvalue weighted by Gasteiger charge is 2.25. The molecule has 1 amide bonds. The topological polar surface area (TPSA) is 77.0 Å². The average Bonchev–Trinajstić information content (AvgIpc) is 2.24. The Kier molecular flexibility index (Phi) is 3.28. The third kappa shape index (κ3) is 2.26. The van der Waals surface area contributed by atoms with Crippen LogP contribution in [0.5, 0.6) is 5.88 Å². The van der Waals surface area contributed by atoms with Crippen molar-refractivity contribution in [1.29, 1.82) is 0 Å². The number of aromatic nitrogens is 3. The van der Waals surface area contributed by atoms with Gasteiger partial charge in [-0.25, -0.2) is 0 Å². The van der Waals surface area contributed by atoms with Crippen molar-refractivity contribution in [3.8, 4) is 5.88 Å². The Morgan fingerprint density at radius 1 is 1.62 bits per heavy atom. The van der Waals surface area contributed by atoms with Crippen molar-refractivity contribution >= 4 is 5.91 Å². The predicted octanol–water partition coefficient (Wildman–Crippen LogP) is 0.296. The molecule has 0 atom stereocenters. The summed E-state index contributed by atoms with van der Waals surface area (Å²) >= 11 is 0. The molecule has 0 spiro atoms. The second kappa shape index (κ2) is 4.87. The van der Waals surface area contributed by atoms with Gasteiger partial charge in [-0.2, -0.15) is 4.98 Å². The summed E-state index contributed by atoms with van der Waals surface area (Å²) in [6.45, 7) is 0.319. The molecule has 1 N–H and O–H groups in total. The summed E-state index contributed by atoms with van der Waals surface area (Å²) in [6.07, 6.45) is 4.44. The Bertz CT molecular complexity index is 379. The van der Waals surface area contributed by atoms with Crippen molar-refractivity contribution in [3.05, 3.63) is 12.0 Å². The maximum absolute atomic E-state index is 11.6. The molecule has 6 nitrogen and oxygen atoms in total. The Morgan fingerprint density at radius 3 is 3.06 bits per heavy atom. The quantitative estimate of drug-likeness (QED) is 0.792. The molecule has 6 heteroatoms. The van der Waals surface area contributed by atoms with E-state index in [0.29, 0.717) is 18.1 Å². The molecule has 1 fully saturated rings. The maximum Gasteiger partial charge on any atom is 0.240 e. The van der Waals surface area contributed by atoms with Crippen molar-refractivity contribution in [1.82, 2.24) is 20.5 Å². The number of amides is 1. The molecular formula is C10H14N4O2. The third-order valence-corrected chi connectivity index (χ3v) is 2.75. The molecule has 0 aromatic carbocycles. The Balaban J connectivity index is 1.90. The van der Waals surface area contributed by atoms with Crippen molar-refractivity contribution < 1.29 is 9.53 Å². The van der Waals surface area contributed by atoms with Gasteiger partial charge in [0.15, 0.2) is 0 Å². The van der Waals surface area contributed by atoms with E-state index in [4.69, 9.17) is 4.74 Å². The van der Waals surface area contributed by atoms with Gasteiger partial charge in [0, 0.05) is 5.92 Å². The second-order valence-electron chi connectivity index (χ2n) is 3.76. The molecule has 0 saturated heterocycles. The second-order valence-corrected chi connectivity index (χ2v) is 3.76.